The molecular weight excluding hydrogens is 383 g/mol. The van der Waals surface area contributed by atoms with E-state index < -0.39 is 17.0 Å². The summed E-state index contributed by atoms with van der Waals surface area (Å²) in [4.78, 5) is 0. The van der Waals surface area contributed by atoms with E-state index >= 15 is 0 Å². The summed E-state index contributed by atoms with van der Waals surface area (Å²) in [6, 6.07) is 33.9. The van der Waals surface area contributed by atoms with Gasteiger partial charge in [-0.25, -0.2) is 0 Å². The summed E-state index contributed by atoms with van der Waals surface area (Å²) in [7, 11) is 9.78. The van der Waals surface area contributed by atoms with Gasteiger partial charge in [0.1, 0.15) is 0 Å². The maximum absolute atomic E-state index is 4.89. The summed E-state index contributed by atoms with van der Waals surface area (Å²) >= 11 is -0.556. The molecule has 0 nitrogen and oxygen atoms in total. The van der Waals surface area contributed by atoms with Crippen molar-refractivity contribution >= 4 is 50.9 Å². The van der Waals surface area contributed by atoms with Crippen LogP contribution in [0.1, 0.15) is 0 Å². The Labute approximate surface area is 164 Å². The largest absolute Gasteiger partial charge is 0.168 e. The molecule has 3 heteroatoms. The molecule has 0 saturated heterocycles. The van der Waals surface area contributed by atoms with Gasteiger partial charge in [0.25, 0.3) is 0 Å². The van der Waals surface area contributed by atoms with Gasteiger partial charge < -0.3 is 0 Å². The first-order chi connectivity index (χ1) is 12.3. The van der Waals surface area contributed by atoms with Crippen molar-refractivity contribution in [3.05, 3.63) is 97.1 Å². The van der Waals surface area contributed by atoms with Crippen LogP contribution in [-0.2, 0) is 17.0 Å². The van der Waals surface area contributed by atoms with E-state index in [-0.39, 0.29) is 0 Å². The van der Waals surface area contributed by atoms with Gasteiger partial charge in [0.15, 0.2) is 0 Å². The van der Waals surface area contributed by atoms with Crippen molar-refractivity contribution in [3.63, 3.8) is 0 Å². The van der Waals surface area contributed by atoms with Gasteiger partial charge >= 0.3 is 35.6 Å². The summed E-state index contributed by atoms with van der Waals surface area (Å²) in [5.74, 6) is 0. The normalized spacial score (nSPS) is 10.0. The first kappa shape index (κ1) is 18.2. The van der Waals surface area contributed by atoms with Crippen LogP contribution in [-0.4, -0.2) is 0 Å². The Hall–Kier alpha value is -1.57. The van der Waals surface area contributed by atoms with Gasteiger partial charge in [0, 0.05) is 0 Å². The van der Waals surface area contributed by atoms with Crippen molar-refractivity contribution in [1.82, 2.24) is 0 Å². The third kappa shape index (κ3) is 4.54. The van der Waals surface area contributed by atoms with Gasteiger partial charge in [-0.2, -0.15) is 17.5 Å². The quantitative estimate of drug-likeness (QED) is 0.185. The van der Waals surface area contributed by atoms with E-state index in [4.69, 9.17) is 18.6 Å². The molecule has 0 amide bonds. The molecule has 25 heavy (non-hydrogen) atoms. The fraction of sp³-hybridized carbons (Fsp3) is 0. The second-order valence-electron chi connectivity index (χ2n) is 5.54. The maximum atomic E-state index is 4.89. The standard InChI is InChI=1S/C13H9.C9H7.2ClH.Ti/c1-3-7-12-10(5-1)9-11-6-2-4-8-13(11)12;1-2-5-9-7-3-6-8(9)4-1;;;/h1-9H;1-7H;2*1H;/q2*-1;;;+2/p-2. The molecule has 5 rings (SSSR count). The van der Waals surface area contributed by atoms with Crippen LogP contribution in [0.3, 0.4) is 0 Å². The number of fused-ring (bicyclic) bond motifs is 4. The van der Waals surface area contributed by atoms with E-state index in [1.807, 2.05) is 0 Å². The molecule has 0 atom stereocenters. The third-order valence-corrected chi connectivity index (χ3v) is 4.07. The average Bonchev–Trinajstić information content (AvgIpc) is 3.27. The van der Waals surface area contributed by atoms with Gasteiger partial charge in [0.2, 0.25) is 0 Å². The molecule has 0 aromatic heterocycles. The van der Waals surface area contributed by atoms with Gasteiger partial charge in [0.05, 0.1) is 0 Å². The van der Waals surface area contributed by atoms with Crippen molar-refractivity contribution in [1.29, 1.82) is 0 Å². The van der Waals surface area contributed by atoms with Crippen LogP contribution in [0.2, 0.25) is 0 Å². The number of benzene rings is 3. The monoisotopic (exact) mass is 398 g/mol. The topological polar surface area (TPSA) is 0 Å². The molecule has 0 spiro atoms. The second-order valence-corrected chi connectivity index (χ2v) is 8.12. The molecule has 5 aromatic carbocycles. The Kier molecular flexibility index (Phi) is 6.72. The smallest absolute Gasteiger partial charge is 0.0771 e. The zero-order valence-electron chi connectivity index (χ0n) is 13.5. The van der Waals surface area contributed by atoms with Gasteiger partial charge in [-0.15, -0.1) is 69.4 Å². The predicted octanol–water partition coefficient (Wildman–Crippen LogP) is 7.65. The molecular formula is C22H16Cl2Ti-2. The minimum Gasteiger partial charge on any atom is -0.168 e. The van der Waals surface area contributed by atoms with Crippen molar-refractivity contribution in [3.8, 4) is 0 Å². The zero-order chi connectivity index (χ0) is 17.5. The van der Waals surface area contributed by atoms with Crippen LogP contribution in [0.5, 0.6) is 0 Å². The fourth-order valence-corrected chi connectivity index (χ4v) is 2.97. The van der Waals surface area contributed by atoms with Gasteiger partial charge in [-0.3, -0.25) is 0 Å². The summed E-state index contributed by atoms with van der Waals surface area (Å²) in [5.41, 5.74) is 0. The molecule has 0 radical (unpaired) electrons. The third-order valence-electron chi connectivity index (χ3n) is 4.07. The van der Waals surface area contributed by atoms with E-state index in [1.165, 1.54) is 32.3 Å². The first-order valence-corrected chi connectivity index (χ1v) is 12.2. The van der Waals surface area contributed by atoms with Crippen molar-refractivity contribution < 1.29 is 17.0 Å². The predicted molar refractivity (Wildman–Crippen MR) is 108 cm³/mol. The van der Waals surface area contributed by atoms with Crippen LogP contribution < -0.4 is 0 Å². The Morgan fingerprint density at radius 1 is 0.600 bits per heavy atom. The fourth-order valence-electron chi connectivity index (χ4n) is 2.97. The minimum absolute atomic E-state index is 0.556. The van der Waals surface area contributed by atoms with Crippen molar-refractivity contribution in [2.45, 2.75) is 0 Å². The molecule has 5 aromatic rings. The van der Waals surface area contributed by atoms with Crippen molar-refractivity contribution in [2.24, 2.45) is 0 Å². The van der Waals surface area contributed by atoms with Crippen LogP contribution in [0.25, 0.3) is 32.3 Å². The Morgan fingerprint density at radius 3 is 1.64 bits per heavy atom. The van der Waals surface area contributed by atoms with Crippen LogP contribution in [0.15, 0.2) is 97.1 Å². The molecule has 0 heterocycles. The minimum atomic E-state index is -0.556. The molecule has 0 saturated carbocycles. The van der Waals surface area contributed by atoms with E-state index in [0.29, 0.717) is 0 Å². The molecule has 124 valence electrons. The summed E-state index contributed by atoms with van der Waals surface area (Å²) in [6.45, 7) is 0. The Morgan fingerprint density at radius 2 is 1.08 bits per heavy atom. The summed E-state index contributed by atoms with van der Waals surface area (Å²) in [5, 5.41) is 8.05. The van der Waals surface area contributed by atoms with Crippen molar-refractivity contribution in [2.75, 3.05) is 0 Å². The molecule has 0 aliphatic rings. The summed E-state index contributed by atoms with van der Waals surface area (Å²) < 4.78 is 0. The van der Waals surface area contributed by atoms with Gasteiger partial charge in [-0.05, 0) is 0 Å². The van der Waals surface area contributed by atoms with Crippen LogP contribution in [0.4, 0.5) is 0 Å². The number of rotatable bonds is 0. The molecule has 0 unspecified atom stereocenters. The summed E-state index contributed by atoms with van der Waals surface area (Å²) in [6.07, 6.45) is 0. The zero-order valence-corrected chi connectivity index (χ0v) is 16.6. The average molecular weight is 399 g/mol. The molecule has 0 fully saturated rings. The van der Waals surface area contributed by atoms with Crippen LogP contribution in [0, 0.1) is 0 Å². The Bertz CT molecular complexity index is 979. The molecule has 0 aliphatic carbocycles. The van der Waals surface area contributed by atoms with E-state index in [9.17, 15) is 0 Å². The molecule has 0 aliphatic heterocycles. The second kappa shape index (κ2) is 9.22. The first-order valence-electron chi connectivity index (χ1n) is 7.93. The Balaban J connectivity index is 0.000000133. The number of halogens is 2. The maximum Gasteiger partial charge on any atom is -0.0771 e. The van der Waals surface area contributed by atoms with E-state index in [2.05, 4.69) is 97.1 Å². The van der Waals surface area contributed by atoms with Crippen LogP contribution >= 0.6 is 18.6 Å². The SMILES string of the molecule is [Cl][Ti][Cl].c1ccc2[cH-]ccc2c1.c1ccc2c(c1)[cH-]c1ccccc12. The van der Waals surface area contributed by atoms with Gasteiger partial charge in [-0.1, -0.05) is 42.5 Å². The molecule has 0 bridgehead atoms. The number of hydrogen-bond acceptors (Lipinski definition) is 0. The number of hydrogen-bond donors (Lipinski definition) is 0. The molecule has 0 N–H and O–H groups in total. The van der Waals surface area contributed by atoms with E-state index in [1.54, 1.807) is 0 Å². The van der Waals surface area contributed by atoms with E-state index in [0.717, 1.165) is 0 Å².